The van der Waals surface area contributed by atoms with Gasteiger partial charge in [-0.05, 0) is 71.3 Å². The van der Waals surface area contributed by atoms with E-state index in [2.05, 4.69) is 226 Å². The normalized spacial score (nSPS) is 13.7. The first-order chi connectivity index (χ1) is 32.3. The minimum Gasteiger partial charge on any atom is -0.228 e. The molecule has 2 aliphatic heterocycles. The van der Waals surface area contributed by atoms with Gasteiger partial charge in [0.05, 0.1) is 22.8 Å². The zero-order valence-corrected chi connectivity index (χ0v) is 39.4. The highest BCUT2D eigenvalue weighted by molar-refractivity contribution is 7.05. The van der Waals surface area contributed by atoms with Crippen molar-refractivity contribution in [3.05, 3.63) is 206 Å². The summed E-state index contributed by atoms with van der Waals surface area (Å²) in [5.41, 5.74) is 17.9. The minimum absolute atomic E-state index is 0.750. The Kier molecular flexibility index (Phi) is 9.38. The Morgan fingerprint density at radius 1 is 0.258 bits per heavy atom. The molecule has 8 aromatic carbocycles. The second kappa shape index (κ2) is 15.5. The van der Waals surface area contributed by atoms with Crippen molar-refractivity contribution in [1.29, 1.82) is 0 Å². The van der Waals surface area contributed by atoms with Crippen LogP contribution in [-0.4, -0.2) is 36.1 Å². The fourth-order valence-corrected chi connectivity index (χ4v) is 17.1. The van der Waals surface area contributed by atoms with Crippen LogP contribution in [-0.2, 0) is 0 Å². The van der Waals surface area contributed by atoms with Crippen LogP contribution in [0.4, 0.5) is 0 Å². The van der Waals surface area contributed by atoms with Crippen molar-refractivity contribution in [2.75, 3.05) is 0 Å². The lowest BCUT2D eigenvalue weighted by molar-refractivity contribution is 1.20. The fourth-order valence-electron chi connectivity index (χ4n) is 10.6. The molecule has 4 nitrogen and oxygen atoms in total. The van der Waals surface area contributed by atoms with E-state index in [1.54, 1.807) is 0 Å². The first-order valence-electron chi connectivity index (χ1n) is 22.8. The highest BCUT2D eigenvalue weighted by Crippen LogP contribution is 2.40. The number of hydrogen-bond donors (Lipinski definition) is 0. The Labute approximate surface area is 388 Å². The van der Waals surface area contributed by atoms with Gasteiger partial charge < -0.3 is 0 Å². The molecule has 10 aromatic rings. The van der Waals surface area contributed by atoms with Crippen LogP contribution < -0.4 is 20.7 Å². The molecule has 0 fully saturated rings. The summed E-state index contributed by atoms with van der Waals surface area (Å²) >= 11 is 0. The van der Waals surface area contributed by atoms with E-state index >= 15 is 0 Å². The molecule has 2 aromatic heterocycles. The molecule has 0 bridgehead atoms. The standard InChI is InChI=1S/C60H46N4Si2/c1-65(2)51-34-19-18-33-49(51)55-58(65)54(62-59(63-55)41-25-12-7-13-26-41)47-31-16-14-30-46(47)44-28-20-27-42(37-44)43-35-36-50-52(38-43)66(3,4)57-53(40-23-10-6-11-24-40)61-60(64-56(50)57)48-32-17-15-29-45(48)39-21-8-5-9-22-39/h5-38H,1-4H3. The summed E-state index contributed by atoms with van der Waals surface area (Å²) in [4.78, 5) is 21.8. The maximum absolute atomic E-state index is 5.52. The molecule has 6 heteroatoms. The topological polar surface area (TPSA) is 51.6 Å². The average molecular weight is 879 g/mol. The highest BCUT2D eigenvalue weighted by Gasteiger charge is 2.43. The van der Waals surface area contributed by atoms with E-state index in [1.807, 2.05) is 6.07 Å². The summed E-state index contributed by atoms with van der Waals surface area (Å²) in [6, 6.07) is 74.0. The monoisotopic (exact) mass is 878 g/mol. The lowest BCUT2D eigenvalue weighted by Gasteiger charge is -2.23. The van der Waals surface area contributed by atoms with Gasteiger partial charge in [0.15, 0.2) is 11.6 Å². The molecule has 0 aliphatic carbocycles. The molecule has 2 aliphatic rings. The molecule has 4 heterocycles. The van der Waals surface area contributed by atoms with E-state index in [0.29, 0.717) is 0 Å². The van der Waals surface area contributed by atoms with Crippen LogP contribution in [0, 0.1) is 0 Å². The second-order valence-electron chi connectivity index (χ2n) is 18.6. The van der Waals surface area contributed by atoms with Crippen LogP contribution >= 0.6 is 0 Å². The van der Waals surface area contributed by atoms with Crippen LogP contribution in [0.1, 0.15) is 0 Å². The third kappa shape index (κ3) is 6.39. The molecule has 0 spiro atoms. The van der Waals surface area contributed by atoms with E-state index < -0.39 is 16.1 Å². The molecule has 66 heavy (non-hydrogen) atoms. The van der Waals surface area contributed by atoms with Gasteiger partial charge in [0.2, 0.25) is 0 Å². The number of hydrogen-bond acceptors (Lipinski definition) is 4. The molecule has 0 radical (unpaired) electrons. The first-order valence-corrected chi connectivity index (χ1v) is 28.8. The molecule has 0 amide bonds. The second-order valence-corrected chi connectivity index (χ2v) is 27.1. The van der Waals surface area contributed by atoms with Crippen molar-refractivity contribution in [3.63, 3.8) is 0 Å². The predicted molar refractivity (Wildman–Crippen MR) is 280 cm³/mol. The Morgan fingerprint density at radius 2 is 0.682 bits per heavy atom. The van der Waals surface area contributed by atoms with E-state index in [0.717, 1.165) is 78.9 Å². The Hall–Kier alpha value is -7.65. The zero-order chi connectivity index (χ0) is 44.6. The quantitative estimate of drug-likeness (QED) is 0.150. The van der Waals surface area contributed by atoms with Crippen molar-refractivity contribution in [2.45, 2.75) is 26.2 Å². The number of rotatable bonds is 7. The van der Waals surface area contributed by atoms with Gasteiger partial charge in [-0.1, -0.05) is 226 Å². The summed E-state index contributed by atoms with van der Waals surface area (Å²) in [5, 5.41) is 5.41. The lowest BCUT2D eigenvalue weighted by atomic mass is 9.93. The van der Waals surface area contributed by atoms with Crippen molar-refractivity contribution >= 4 is 36.9 Å². The van der Waals surface area contributed by atoms with E-state index in [-0.39, 0.29) is 0 Å². The molecule has 314 valence electrons. The summed E-state index contributed by atoms with van der Waals surface area (Å²) in [6.07, 6.45) is 0. The highest BCUT2D eigenvalue weighted by atomic mass is 28.3. The van der Waals surface area contributed by atoms with Crippen LogP contribution in [0.25, 0.3) is 101 Å². The van der Waals surface area contributed by atoms with E-state index in [1.165, 1.54) is 43.0 Å². The van der Waals surface area contributed by atoms with Crippen LogP contribution in [0.3, 0.4) is 0 Å². The Morgan fingerprint density at radius 3 is 1.36 bits per heavy atom. The van der Waals surface area contributed by atoms with Crippen LogP contribution in [0.2, 0.25) is 26.2 Å². The van der Waals surface area contributed by atoms with Gasteiger partial charge in [0, 0.05) is 22.3 Å². The fraction of sp³-hybridized carbons (Fsp3) is 0.0667. The van der Waals surface area contributed by atoms with Crippen molar-refractivity contribution in [3.8, 4) is 101 Å². The van der Waals surface area contributed by atoms with Gasteiger partial charge in [-0.15, -0.1) is 0 Å². The maximum Gasteiger partial charge on any atom is 0.161 e. The third-order valence-corrected chi connectivity index (χ3v) is 20.9. The predicted octanol–water partition coefficient (Wildman–Crippen LogP) is 12.5. The van der Waals surface area contributed by atoms with Gasteiger partial charge in [0.25, 0.3) is 0 Å². The molecule has 0 saturated heterocycles. The molecule has 0 N–H and O–H groups in total. The summed E-state index contributed by atoms with van der Waals surface area (Å²) in [6.45, 7) is 9.83. The molecule has 0 saturated carbocycles. The van der Waals surface area contributed by atoms with Crippen molar-refractivity contribution in [2.24, 2.45) is 0 Å². The van der Waals surface area contributed by atoms with Crippen LogP contribution in [0.15, 0.2) is 206 Å². The van der Waals surface area contributed by atoms with Gasteiger partial charge in [0.1, 0.15) is 16.1 Å². The van der Waals surface area contributed by atoms with Crippen LogP contribution in [0.5, 0.6) is 0 Å². The van der Waals surface area contributed by atoms with E-state index in [4.69, 9.17) is 19.9 Å². The molecular formula is C60H46N4Si2. The Bertz CT molecular complexity index is 3530. The number of benzene rings is 8. The minimum atomic E-state index is -2.32. The van der Waals surface area contributed by atoms with Crippen molar-refractivity contribution < 1.29 is 0 Å². The smallest absolute Gasteiger partial charge is 0.161 e. The molecule has 12 rings (SSSR count). The SMILES string of the molecule is C[Si]1(C)c2cc(-c3cccc(-c4ccccc4-c4nc(-c5ccccc5)nc5c4[Si](C)(C)c4ccccc4-5)c3)ccc2-c2nc(-c3ccccc3-c3ccccc3)nc(-c3ccccc3)c21. The van der Waals surface area contributed by atoms with Gasteiger partial charge >= 0.3 is 0 Å². The molecule has 0 atom stereocenters. The summed E-state index contributed by atoms with van der Waals surface area (Å²) < 4.78 is 0. The van der Waals surface area contributed by atoms with Crippen molar-refractivity contribution in [1.82, 2.24) is 19.9 Å². The number of nitrogens with zero attached hydrogens (tertiary/aromatic N) is 4. The summed E-state index contributed by atoms with van der Waals surface area (Å²) in [7, 11) is -4.49. The lowest BCUT2D eigenvalue weighted by Crippen LogP contribution is -2.50. The Balaban J connectivity index is 0.988. The van der Waals surface area contributed by atoms with Gasteiger partial charge in [-0.3, -0.25) is 0 Å². The van der Waals surface area contributed by atoms with Gasteiger partial charge in [-0.25, -0.2) is 19.9 Å². The average Bonchev–Trinajstić information content (AvgIpc) is 3.75. The third-order valence-electron chi connectivity index (χ3n) is 13.9. The zero-order valence-electron chi connectivity index (χ0n) is 37.4. The molecule has 0 unspecified atom stereocenters. The molecular weight excluding hydrogens is 833 g/mol. The summed E-state index contributed by atoms with van der Waals surface area (Å²) in [5.74, 6) is 1.51. The van der Waals surface area contributed by atoms with Gasteiger partial charge in [-0.2, -0.15) is 0 Å². The number of aromatic nitrogens is 4. The number of fused-ring (bicyclic) bond motifs is 6. The van der Waals surface area contributed by atoms with E-state index in [9.17, 15) is 0 Å². The maximum atomic E-state index is 5.52. The first kappa shape index (κ1) is 39.9. The largest absolute Gasteiger partial charge is 0.228 e.